The number of rotatable bonds is 3. The predicted octanol–water partition coefficient (Wildman–Crippen LogP) is 0.810. The highest BCUT2D eigenvalue weighted by atomic mass is 16.7. The molecule has 1 unspecified atom stereocenters. The minimum absolute atomic E-state index is 0.0502. The highest BCUT2D eigenvalue weighted by Crippen LogP contribution is 2.45. The van der Waals surface area contributed by atoms with E-state index in [1.165, 1.54) is 20.8 Å². The molecule has 10 heteroatoms. The van der Waals surface area contributed by atoms with E-state index >= 15 is 0 Å². The zero-order chi connectivity index (χ0) is 21.6. The number of nitrogens with one attached hydrogen (secondary N) is 1. The number of carbonyl (C=O) groups is 4. The first-order valence-corrected chi connectivity index (χ1v) is 9.50. The van der Waals surface area contributed by atoms with Crippen LogP contribution >= 0.6 is 0 Å². The minimum Gasteiger partial charge on any atom is -0.458 e. The number of benzene rings is 1. The standard InChI is InChI=1S/C20H21NO9/c1-8(22)28-16-5-12-11-4-14-15(27-7-26-14)6-13(11)20(25)21-17(12)19(30-10(3)24)18(16)29-9(2)23/h4,6,12,16-19H,5,7H2,1-3H3,(H,21,25)/t12-,16-,17?,18+,19-/m0/s1. The molecule has 10 nitrogen and oxygen atoms in total. The van der Waals surface area contributed by atoms with Crippen molar-refractivity contribution in [1.82, 2.24) is 5.32 Å². The molecule has 1 saturated carbocycles. The molecule has 2 heterocycles. The maximum atomic E-state index is 12.8. The molecule has 1 N–H and O–H groups in total. The number of ether oxygens (including phenoxy) is 5. The number of hydrogen-bond donors (Lipinski definition) is 1. The molecule has 160 valence electrons. The van der Waals surface area contributed by atoms with Crippen LogP contribution in [0.4, 0.5) is 0 Å². The van der Waals surface area contributed by atoms with Gasteiger partial charge in [-0.1, -0.05) is 0 Å². The fraction of sp³-hybridized carbons (Fsp3) is 0.500. The summed E-state index contributed by atoms with van der Waals surface area (Å²) in [5.41, 5.74) is 1.05. The van der Waals surface area contributed by atoms with Gasteiger partial charge in [0, 0.05) is 32.3 Å². The summed E-state index contributed by atoms with van der Waals surface area (Å²) < 4.78 is 27.1. The lowest BCUT2D eigenvalue weighted by atomic mass is 9.71. The van der Waals surface area contributed by atoms with Crippen LogP contribution in [-0.4, -0.2) is 55.0 Å². The third-order valence-electron chi connectivity index (χ3n) is 5.37. The van der Waals surface area contributed by atoms with Gasteiger partial charge < -0.3 is 29.0 Å². The predicted molar refractivity (Wildman–Crippen MR) is 97.8 cm³/mol. The Morgan fingerprint density at radius 2 is 1.53 bits per heavy atom. The molecular formula is C20H21NO9. The number of fused-ring (bicyclic) bond motifs is 4. The molecule has 0 spiro atoms. The van der Waals surface area contributed by atoms with Crippen LogP contribution in [0.25, 0.3) is 0 Å². The van der Waals surface area contributed by atoms with Crippen molar-refractivity contribution in [3.8, 4) is 11.5 Å². The summed E-state index contributed by atoms with van der Waals surface area (Å²) >= 11 is 0. The van der Waals surface area contributed by atoms with Crippen LogP contribution in [0.2, 0.25) is 0 Å². The van der Waals surface area contributed by atoms with Crippen LogP contribution in [0.3, 0.4) is 0 Å². The molecule has 1 aromatic carbocycles. The van der Waals surface area contributed by atoms with Crippen molar-refractivity contribution in [3.63, 3.8) is 0 Å². The van der Waals surface area contributed by atoms with E-state index in [-0.39, 0.29) is 25.0 Å². The average Bonchev–Trinajstić information content (AvgIpc) is 3.10. The lowest BCUT2D eigenvalue weighted by Gasteiger charge is -2.47. The van der Waals surface area contributed by atoms with Gasteiger partial charge in [0.25, 0.3) is 5.91 Å². The van der Waals surface area contributed by atoms with E-state index in [2.05, 4.69) is 5.32 Å². The van der Waals surface area contributed by atoms with Gasteiger partial charge in [-0.15, -0.1) is 0 Å². The number of hydrogen-bond acceptors (Lipinski definition) is 9. The van der Waals surface area contributed by atoms with Gasteiger partial charge in [-0.3, -0.25) is 19.2 Å². The zero-order valence-electron chi connectivity index (χ0n) is 16.6. The van der Waals surface area contributed by atoms with Crippen LogP contribution in [0, 0.1) is 0 Å². The third kappa shape index (κ3) is 3.53. The van der Waals surface area contributed by atoms with Gasteiger partial charge in [-0.05, 0) is 24.1 Å². The van der Waals surface area contributed by atoms with E-state index in [0.717, 1.165) is 0 Å². The van der Waals surface area contributed by atoms with E-state index in [1.807, 2.05) is 0 Å². The molecule has 30 heavy (non-hydrogen) atoms. The van der Waals surface area contributed by atoms with Gasteiger partial charge in [0.15, 0.2) is 23.7 Å². The molecular weight excluding hydrogens is 398 g/mol. The summed E-state index contributed by atoms with van der Waals surface area (Å²) in [6.07, 6.45) is -2.73. The average molecular weight is 419 g/mol. The largest absolute Gasteiger partial charge is 0.458 e. The SMILES string of the molecule is CC(=O)O[C@@H]1[C@@H](OC(C)=O)C[C@H]2c3cc4c(cc3C(=O)NC2[C@@H]1OC(C)=O)OCO4. The highest BCUT2D eigenvalue weighted by molar-refractivity contribution is 5.98. The molecule has 5 atom stereocenters. The molecule has 0 bridgehead atoms. The van der Waals surface area contributed by atoms with Gasteiger partial charge in [0.2, 0.25) is 6.79 Å². The summed E-state index contributed by atoms with van der Waals surface area (Å²) in [4.78, 5) is 48.0. The Morgan fingerprint density at radius 1 is 0.933 bits per heavy atom. The topological polar surface area (TPSA) is 126 Å². The van der Waals surface area contributed by atoms with Crippen molar-refractivity contribution in [2.45, 2.75) is 57.5 Å². The van der Waals surface area contributed by atoms with Crippen molar-refractivity contribution in [2.24, 2.45) is 0 Å². The molecule has 0 radical (unpaired) electrons. The molecule has 0 saturated heterocycles. The fourth-order valence-corrected chi connectivity index (χ4v) is 4.36. The summed E-state index contributed by atoms with van der Waals surface area (Å²) in [5, 5.41) is 2.85. The number of amides is 1. The maximum Gasteiger partial charge on any atom is 0.303 e. The Balaban J connectivity index is 1.78. The Kier molecular flexibility index (Phi) is 5.00. The fourth-order valence-electron chi connectivity index (χ4n) is 4.36. The van der Waals surface area contributed by atoms with Gasteiger partial charge in [0.1, 0.15) is 6.10 Å². The van der Waals surface area contributed by atoms with Crippen molar-refractivity contribution in [1.29, 1.82) is 0 Å². The summed E-state index contributed by atoms with van der Waals surface area (Å²) in [6.45, 7) is 3.71. The monoisotopic (exact) mass is 419 g/mol. The summed E-state index contributed by atoms with van der Waals surface area (Å²) in [5.74, 6) is -1.62. The summed E-state index contributed by atoms with van der Waals surface area (Å²) in [7, 11) is 0. The van der Waals surface area contributed by atoms with Crippen molar-refractivity contribution in [3.05, 3.63) is 23.3 Å². The molecule has 3 aliphatic rings. The van der Waals surface area contributed by atoms with Crippen LogP contribution in [0.1, 0.15) is 49.0 Å². The van der Waals surface area contributed by atoms with E-state index in [4.69, 9.17) is 23.7 Å². The molecule has 1 fully saturated rings. The number of carbonyl (C=O) groups excluding carboxylic acids is 4. The Labute approximate surface area is 171 Å². The van der Waals surface area contributed by atoms with Crippen LogP contribution in [0.5, 0.6) is 11.5 Å². The van der Waals surface area contributed by atoms with Crippen molar-refractivity contribution in [2.75, 3.05) is 6.79 Å². The quantitative estimate of drug-likeness (QED) is 0.559. The molecule has 0 aromatic heterocycles. The second-order valence-electron chi connectivity index (χ2n) is 7.43. The Hall–Kier alpha value is -3.30. The van der Waals surface area contributed by atoms with Gasteiger partial charge >= 0.3 is 17.9 Å². The van der Waals surface area contributed by atoms with Crippen LogP contribution in [0.15, 0.2) is 12.1 Å². The second kappa shape index (κ2) is 7.51. The maximum absolute atomic E-state index is 12.8. The smallest absolute Gasteiger partial charge is 0.303 e. The van der Waals surface area contributed by atoms with Gasteiger partial charge in [-0.2, -0.15) is 0 Å². The molecule has 2 aliphatic heterocycles. The summed E-state index contributed by atoms with van der Waals surface area (Å²) in [6, 6.07) is 2.63. The third-order valence-corrected chi connectivity index (χ3v) is 5.37. The Bertz CT molecular complexity index is 927. The lowest BCUT2D eigenvalue weighted by Crippen LogP contribution is -2.63. The molecule has 1 aromatic rings. The lowest BCUT2D eigenvalue weighted by molar-refractivity contribution is -0.194. The molecule has 1 amide bonds. The minimum atomic E-state index is -1.06. The van der Waals surface area contributed by atoms with Crippen LogP contribution < -0.4 is 14.8 Å². The van der Waals surface area contributed by atoms with Crippen molar-refractivity contribution < 1.29 is 42.9 Å². The second-order valence-corrected chi connectivity index (χ2v) is 7.43. The van der Waals surface area contributed by atoms with E-state index < -0.39 is 42.3 Å². The zero-order valence-corrected chi connectivity index (χ0v) is 16.6. The van der Waals surface area contributed by atoms with E-state index in [0.29, 0.717) is 22.6 Å². The van der Waals surface area contributed by atoms with Crippen LogP contribution in [-0.2, 0) is 28.6 Å². The Morgan fingerprint density at radius 3 is 2.17 bits per heavy atom. The molecule has 1 aliphatic carbocycles. The first-order chi connectivity index (χ1) is 14.2. The number of esters is 3. The van der Waals surface area contributed by atoms with Gasteiger partial charge in [-0.25, -0.2) is 0 Å². The first kappa shape index (κ1) is 20.0. The van der Waals surface area contributed by atoms with E-state index in [1.54, 1.807) is 12.1 Å². The highest BCUT2D eigenvalue weighted by Gasteiger charge is 2.53. The van der Waals surface area contributed by atoms with E-state index in [9.17, 15) is 19.2 Å². The van der Waals surface area contributed by atoms with Crippen molar-refractivity contribution >= 4 is 23.8 Å². The molecule has 4 rings (SSSR count). The first-order valence-electron chi connectivity index (χ1n) is 9.50. The van der Waals surface area contributed by atoms with Gasteiger partial charge in [0.05, 0.1) is 6.04 Å². The normalized spacial score (nSPS) is 28.5.